The first-order valence-electron chi connectivity index (χ1n) is 8.41. The Hall–Kier alpha value is -0.580. The van der Waals surface area contributed by atoms with Gasteiger partial charge in [0.1, 0.15) is 0 Å². The highest BCUT2D eigenvalue weighted by Crippen LogP contribution is 2.56. The third-order valence-electron chi connectivity index (χ3n) is 5.06. The molecule has 1 spiro atoms. The molecule has 2 fully saturated rings. The van der Waals surface area contributed by atoms with E-state index in [1.54, 1.807) is 11.3 Å². The molecule has 1 saturated carbocycles. The Balaban J connectivity index is 0.00000192. The van der Waals surface area contributed by atoms with Gasteiger partial charge >= 0.3 is 0 Å². The molecule has 1 aliphatic heterocycles. The summed E-state index contributed by atoms with van der Waals surface area (Å²) in [6.45, 7) is 9.47. The molecule has 3 rings (SSSR count). The molecule has 23 heavy (non-hydrogen) atoms. The molecule has 1 unspecified atom stereocenters. The van der Waals surface area contributed by atoms with Crippen LogP contribution in [0.4, 0.5) is 0 Å². The van der Waals surface area contributed by atoms with Gasteiger partial charge in [0.2, 0.25) is 5.91 Å². The molecule has 0 radical (unpaired) electrons. The molecular formula is C18H29ClN2OS. The number of hydrogen-bond donors (Lipinski definition) is 1. The lowest BCUT2D eigenvalue weighted by atomic mass is 9.90. The number of piperidine rings is 1. The summed E-state index contributed by atoms with van der Waals surface area (Å²) in [6.07, 6.45) is 4.29. The molecule has 2 heterocycles. The van der Waals surface area contributed by atoms with Crippen molar-refractivity contribution in [3.8, 4) is 0 Å². The Bertz CT molecular complexity index is 518. The first kappa shape index (κ1) is 18.8. The molecule has 3 nitrogen and oxygen atoms in total. The monoisotopic (exact) mass is 356 g/mol. The Kier molecular flexibility index (Phi) is 5.81. The number of halogens is 1. The van der Waals surface area contributed by atoms with E-state index in [2.05, 4.69) is 47.8 Å². The van der Waals surface area contributed by atoms with Crippen molar-refractivity contribution >= 4 is 29.7 Å². The van der Waals surface area contributed by atoms with E-state index in [1.807, 2.05) is 0 Å². The highest BCUT2D eigenvalue weighted by molar-refractivity contribution is 7.07. The summed E-state index contributed by atoms with van der Waals surface area (Å²) >= 11 is 1.72. The van der Waals surface area contributed by atoms with Crippen molar-refractivity contribution in [1.82, 2.24) is 10.2 Å². The summed E-state index contributed by atoms with van der Waals surface area (Å²) in [6, 6.07) is 2.61. The van der Waals surface area contributed by atoms with Crippen molar-refractivity contribution in [1.29, 1.82) is 0 Å². The van der Waals surface area contributed by atoms with Crippen LogP contribution in [-0.4, -0.2) is 29.9 Å². The number of carbonyl (C=O) groups excluding carboxylic acids is 1. The maximum atomic E-state index is 12.9. The van der Waals surface area contributed by atoms with Crippen LogP contribution in [0.5, 0.6) is 0 Å². The quantitative estimate of drug-likeness (QED) is 0.881. The fraction of sp³-hybridized carbons (Fsp3) is 0.722. The molecule has 5 heteroatoms. The van der Waals surface area contributed by atoms with Crippen molar-refractivity contribution < 1.29 is 4.79 Å². The summed E-state index contributed by atoms with van der Waals surface area (Å²) in [5.74, 6) is 0.333. The van der Waals surface area contributed by atoms with Crippen LogP contribution >= 0.6 is 23.7 Å². The zero-order chi connectivity index (χ0) is 15.8. The van der Waals surface area contributed by atoms with Gasteiger partial charge in [0, 0.05) is 19.0 Å². The number of amides is 1. The van der Waals surface area contributed by atoms with Crippen LogP contribution < -0.4 is 5.32 Å². The highest BCUT2D eigenvalue weighted by Gasteiger charge is 2.57. The van der Waals surface area contributed by atoms with Gasteiger partial charge in [-0.3, -0.25) is 4.79 Å². The summed E-state index contributed by atoms with van der Waals surface area (Å²) in [5.41, 5.74) is 1.75. The summed E-state index contributed by atoms with van der Waals surface area (Å²) in [7, 11) is 0. The van der Waals surface area contributed by atoms with E-state index >= 15 is 0 Å². The standard InChI is InChI=1S/C18H28N2OS.ClH/c1-17(2,3)11-16(21)20(12-14-4-9-22-13-14)15-10-18(15)5-7-19-8-6-18;/h4,9,13,15,19H,5-8,10-12H2,1-3H3;1H. The van der Waals surface area contributed by atoms with Gasteiger partial charge in [0.15, 0.2) is 0 Å². The predicted molar refractivity (Wildman–Crippen MR) is 99.1 cm³/mol. The van der Waals surface area contributed by atoms with Crippen LogP contribution in [0.3, 0.4) is 0 Å². The highest BCUT2D eigenvalue weighted by atomic mass is 35.5. The molecule has 0 bridgehead atoms. The van der Waals surface area contributed by atoms with Gasteiger partial charge in [-0.1, -0.05) is 20.8 Å². The first-order valence-corrected chi connectivity index (χ1v) is 9.35. The third-order valence-corrected chi connectivity index (χ3v) is 5.79. The molecule has 1 amide bonds. The minimum atomic E-state index is 0. The van der Waals surface area contributed by atoms with Crippen molar-refractivity contribution in [2.75, 3.05) is 13.1 Å². The van der Waals surface area contributed by atoms with Gasteiger partial charge < -0.3 is 10.2 Å². The van der Waals surface area contributed by atoms with E-state index in [-0.39, 0.29) is 17.8 Å². The van der Waals surface area contributed by atoms with E-state index in [1.165, 1.54) is 24.8 Å². The molecule has 1 atom stereocenters. The van der Waals surface area contributed by atoms with E-state index in [9.17, 15) is 4.79 Å². The van der Waals surface area contributed by atoms with Gasteiger partial charge in [0.05, 0.1) is 0 Å². The zero-order valence-electron chi connectivity index (χ0n) is 14.4. The summed E-state index contributed by atoms with van der Waals surface area (Å²) < 4.78 is 0. The second-order valence-corrected chi connectivity index (χ2v) is 9.00. The van der Waals surface area contributed by atoms with Crippen LogP contribution in [0, 0.1) is 10.8 Å². The molecule has 1 saturated heterocycles. The lowest BCUT2D eigenvalue weighted by molar-refractivity contribution is -0.135. The lowest BCUT2D eigenvalue weighted by Gasteiger charge is -2.31. The molecule has 1 aliphatic carbocycles. The molecule has 1 aromatic rings. The Labute approximate surface area is 150 Å². The van der Waals surface area contributed by atoms with Gasteiger partial charge in [-0.25, -0.2) is 0 Å². The van der Waals surface area contributed by atoms with E-state index < -0.39 is 0 Å². The molecular weight excluding hydrogens is 328 g/mol. The topological polar surface area (TPSA) is 32.3 Å². The number of carbonyl (C=O) groups is 1. The number of nitrogens with zero attached hydrogens (tertiary/aromatic N) is 1. The molecule has 0 aromatic carbocycles. The van der Waals surface area contributed by atoms with Crippen molar-refractivity contribution in [3.63, 3.8) is 0 Å². The third kappa shape index (κ3) is 4.49. The van der Waals surface area contributed by atoms with E-state index in [0.717, 1.165) is 19.6 Å². The van der Waals surface area contributed by atoms with Crippen molar-refractivity contribution in [3.05, 3.63) is 22.4 Å². The average Bonchev–Trinajstić information content (AvgIpc) is 2.87. The maximum Gasteiger partial charge on any atom is 0.223 e. The second kappa shape index (κ2) is 7.12. The molecule has 1 N–H and O–H groups in total. The van der Waals surface area contributed by atoms with Gasteiger partial charge in [0.25, 0.3) is 0 Å². The minimum Gasteiger partial charge on any atom is -0.335 e. The number of nitrogens with one attached hydrogen (secondary N) is 1. The molecule has 1 aromatic heterocycles. The average molecular weight is 357 g/mol. The first-order chi connectivity index (χ1) is 10.4. The molecule has 130 valence electrons. The predicted octanol–water partition coefficient (Wildman–Crippen LogP) is 4.08. The van der Waals surface area contributed by atoms with Gasteiger partial charge in [-0.05, 0) is 65.6 Å². The maximum absolute atomic E-state index is 12.9. The summed E-state index contributed by atoms with van der Waals surface area (Å²) in [4.78, 5) is 15.1. The van der Waals surface area contributed by atoms with Crippen LogP contribution in [-0.2, 0) is 11.3 Å². The smallest absolute Gasteiger partial charge is 0.223 e. The number of rotatable bonds is 4. The van der Waals surface area contributed by atoms with Gasteiger partial charge in [-0.15, -0.1) is 12.4 Å². The fourth-order valence-corrected chi connectivity index (χ4v) is 4.40. The van der Waals surface area contributed by atoms with Crippen molar-refractivity contribution in [2.45, 2.75) is 59.0 Å². The van der Waals surface area contributed by atoms with Crippen LogP contribution in [0.15, 0.2) is 16.8 Å². The second-order valence-electron chi connectivity index (χ2n) is 8.22. The number of hydrogen-bond acceptors (Lipinski definition) is 3. The van der Waals surface area contributed by atoms with E-state index in [4.69, 9.17) is 0 Å². The minimum absolute atomic E-state index is 0. The zero-order valence-corrected chi connectivity index (χ0v) is 16.1. The van der Waals surface area contributed by atoms with Crippen LogP contribution in [0.1, 0.15) is 52.0 Å². The molecule has 2 aliphatic rings. The lowest BCUT2D eigenvalue weighted by Crippen LogP contribution is -2.40. The number of thiophene rings is 1. The largest absolute Gasteiger partial charge is 0.335 e. The van der Waals surface area contributed by atoms with Crippen molar-refractivity contribution in [2.24, 2.45) is 10.8 Å². The van der Waals surface area contributed by atoms with Crippen LogP contribution in [0.2, 0.25) is 0 Å². The van der Waals surface area contributed by atoms with Gasteiger partial charge in [-0.2, -0.15) is 11.3 Å². The van der Waals surface area contributed by atoms with Crippen LogP contribution in [0.25, 0.3) is 0 Å². The Morgan fingerprint density at radius 2 is 2.09 bits per heavy atom. The Morgan fingerprint density at radius 3 is 2.65 bits per heavy atom. The summed E-state index contributed by atoms with van der Waals surface area (Å²) in [5, 5.41) is 7.73. The fourth-order valence-electron chi connectivity index (χ4n) is 3.74. The SMILES string of the molecule is CC(C)(C)CC(=O)N(Cc1ccsc1)C1CC12CCNCC2.Cl. The normalized spacial score (nSPS) is 22.5. The van der Waals surface area contributed by atoms with E-state index in [0.29, 0.717) is 23.8 Å². The Morgan fingerprint density at radius 1 is 1.39 bits per heavy atom.